The number of rotatable bonds is 9. The van der Waals surface area contributed by atoms with Crippen LogP contribution in [0, 0.1) is 11.7 Å². The second kappa shape index (κ2) is 9.46. The molecule has 1 aromatic heterocycles. The largest absolute Gasteiger partial charge is 0.378 e. The van der Waals surface area contributed by atoms with Crippen LogP contribution in [0.5, 0.6) is 0 Å². The number of nitrogens with zero attached hydrogens (tertiary/aromatic N) is 4. The van der Waals surface area contributed by atoms with Crippen molar-refractivity contribution in [2.75, 3.05) is 31.8 Å². The van der Waals surface area contributed by atoms with Crippen molar-refractivity contribution in [3.8, 4) is 0 Å². The van der Waals surface area contributed by atoms with Crippen LogP contribution in [0.1, 0.15) is 30.9 Å². The highest BCUT2D eigenvalue weighted by Gasteiger charge is 2.23. The molecule has 33 heavy (non-hydrogen) atoms. The minimum atomic E-state index is -3.34. The number of hydrogen-bond donors (Lipinski definition) is 1. The topological polar surface area (TPSA) is 70.5 Å². The summed E-state index contributed by atoms with van der Waals surface area (Å²) in [4.78, 5) is 6.59. The Morgan fingerprint density at radius 1 is 1.30 bits per heavy atom. The van der Waals surface area contributed by atoms with Crippen LogP contribution >= 0.6 is 20.7 Å². The molecule has 180 valence electrons. The number of nitrogens with one attached hydrogen (secondary N) is 1. The van der Waals surface area contributed by atoms with Crippen LogP contribution in [-0.4, -0.2) is 52.8 Å². The van der Waals surface area contributed by atoms with Crippen molar-refractivity contribution in [1.29, 1.82) is 0 Å². The number of fused-ring (bicyclic) bond motifs is 1. The summed E-state index contributed by atoms with van der Waals surface area (Å²) in [5.41, 5.74) is 2.07. The zero-order chi connectivity index (χ0) is 23.9. The van der Waals surface area contributed by atoms with Gasteiger partial charge in [-0.3, -0.25) is 0 Å². The second-order valence-electron chi connectivity index (χ2n) is 8.81. The first-order chi connectivity index (χ1) is 15.6. The van der Waals surface area contributed by atoms with E-state index in [1.54, 1.807) is 0 Å². The summed E-state index contributed by atoms with van der Waals surface area (Å²) in [5, 5.41) is 5.69. The highest BCUT2D eigenvalue weighted by atomic mass is 127. The number of halogens is 2. The van der Waals surface area contributed by atoms with Gasteiger partial charge >= 0.3 is 0 Å². The maximum Gasteiger partial charge on any atom is 0.211 e. The molecule has 1 aliphatic heterocycles. The maximum absolute atomic E-state index is 15.5. The van der Waals surface area contributed by atoms with Gasteiger partial charge in [0.2, 0.25) is 10.0 Å². The fourth-order valence-corrected chi connectivity index (χ4v) is 6.90. The summed E-state index contributed by atoms with van der Waals surface area (Å²) in [5.74, 6) is 0.421. The zero-order valence-corrected chi connectivity index (χ0v) is 22.7. The molecule has 2 heterocycles. The number of sulfonamides is 1. The lowest BCUT2D eigenvalue weighted by atomic mass is 10.0. The molecular formula is C23H31FIN5O2S. The van der Waals surface area contributed by atoms with Gasteiger partial charge in [-0.2, -0.15) is 0 Å². The Hall–Kier alpha value is -1.79. The van der Waals surface area contributed by atoms with Gasteiger partial charge in [-0.1, -0.05) is 13.0 Å². The quantitative estimate of drug-likeness (QED) is 0.357. The van der Waals surface area contributed by atoms with E-state index in [1.165, 1.54) is 34.0 Å². The van der Waals surface area contributed by atoms with E-state index in [0.717, 1.165) is 38.6 Å². The summed E-state index contributed by atoms with van der Waals surface area (Å²) >= 11 is -0.569. The van der Waals surface area contributed by atoms with Gasteiger partial charge in [-0.25, -0.2) is 22.1 Å². The van der Waals surface area contributed by atoms with Crippen molar-refractivity contribution < 1.29 is 12.8 Å². The number of aromatic nitrogens is 2. The predicted octanol–water partition coefficient (Wildman–Crippen LogP) is 1.61. The van der Waals surface area contributed by atoms with Crippen molar-refractivity contribution in [2.24, 2.45) is 13.0 Å². The summed E-state index contributed by atoms with van der Waals surface area (Å²) in [7, 11) is 2.07. The number of aryl methyl sites for hydroxylation is 2. The van der Waals surface area contributed by atoms with Crippen molar-refractivity contribution in [2.45, 2.75) is 32.7 Å². The summed E-state index contributed by atoms with van der Waals surface area (Å²) in [6.45, 7) is 3.11. The molecular weight excluding hydrogens is 556 g/mol. The van der Waals surface area contributed by atoms with Crippen LogP contribution in [0.15, 0.2) is 18.5 Å². The Morgan fingerprint density at radius 3 is 2.67 bits per heavy atom. The fourth-order valence-electron chi connectivity index (χ4n) is 3.83. The normalized spacial score (nSPS) is 16.1. The predicted molar refractivity (Wildman–Crippen MR) is 141 cm³/mol. The molecule has 7 nitrogen and oxygen atoms in total. The first-order valence-corrected chi connectivity index (χ1v) is 15.0. The molecule has 0 saturated heterocycles. The number of benzene rings is 1. The molecule has 0 spiro atoms. The lowest BCUT2D eigenvalue weighted by molar-refractivity contribution is 0.470. The van der Waals surface area contributed by atoms with Crippen LogP contribution < -0.4 is 20.9 Å². The van der Waals surface area contributed by atoms with E-state index in [9.17, 15) is 8.42 Å². The second-order valence-corrected chi connectivity index (χ2v) is 13.6. The Bertz CT molecular complexity index is 1330. The van der Waals surface area contributed by atoms with E-state index in [1.807, 2.05) is 42.9 Å². The van der Waals surface area contributed by atoms with Crippen molar-refractivity contribution in [1.82, 2.24) is 19.2 Å². The van der Waals surface area contributed by atoms with Gasteiger partial charge in [0.15, 0.2) is 0 Å². The van der Waals surface area contributed by atoms with Gasteiger partial charge < -0.3 is 14.8 Å². The van der Waals surface area contributed by atoms with Crippen molar-refractivity contribution in [3.05, 3.63) is 46.1 Å². The molecule has 0 amide bonds. The van der Waals surface area contributed by atoms with Gasteiger partial charge in [0.1, 0.15) is 11.2 Å². The third-order valence-corrected chi connectivity index (χ3v) is 10.4. The highest BCUT2D eigenvalue weighted by molar-refractivity contribution is 14.2. The molecule has 0 unspecified atom stereocenters. The Balaban J connectivity index is 1.70. The van der Waals surface area contributed by atoms with Crippen LogP contribution in [-0.2, 0) is 30.0 Å². The lowest BCUT2D eigenvalue weighted by Crippen LogP contribution is -2.39. The molecule has 1 aromatic carbocycles. The van der Waals surface area contributed by atoms with Gasteiger partial charge in [0.05, 0.1) is 31.0 Å². The number of anilines is 1. The minimum absolute atomic E-state index is 0.143. The van der Waals surface area contributed by atoms with E-state index in [0.29, 0.717) is 17.7 Å². The first-order valence-electron chi connectivity index (χ1n) is 11.0. The first kappa shape index (κ1) is 24.3. The third-order valence-electron chi connectivity index (χ3n) is 6.09. The average molecular weight is 588 g/mol. The fraction of sp³-hybridized carbons (Fsp3) is 0.478. The van der Waals surface area contributed by atoms with E-state index in [4.69, 9.17) is 0 Å². The van der Waals surface area contributed by atoms with Gasteiger partial charge in [-0.15, -0.1) is 0 Å². The number of hydrogen-bond acceptors (Lipinski definition) is 5. The van der Waals surface area contributed by atoms with Gasteiger partial charge in [0.25, 0.3) is 0 Å². The van der Waals surface area contributed by atoms with E-state index in [-0.39, 0.29) is 12.4 Å². The monoisotopic (exact) mass is 587 g/mol. The molecule has 2 aromatic rings. The summed E-state index contributed by atoms with van der Waals surface area (Å²) in [6.07, 6.45) is 8.32. The number of imidazole rings is 1. The van der Waals surface area contributed by atoms with Crippen LogP contribution in [0.4, 0.5) is 10.1 Å². The van der Waals surface area contributed by atoms with Gasteiger partial charge in [-0.05, 0) is 69.2 Å². The molecule has 0 atom stereocenters. The SMILES string of the molecule is CCc1cc(CN(C)S(C)(=O)=O)cc(F)c1N(C)C1=IC(NCC2CC2)=c2ncn(C)c2=C1. The Morgan fingerprint density at radius 2 is 2.03 bits per heavy atom. The van der Waals surface area contributed by atoms with Crippen LogP contribution in [0.3, 0.4) is 0 Å². The third kappa shape index (κ3) is 5.32. The molecule has 4 rings (SSSR count). The van der Waals surface area contributed by atoms with Gasteiger partial charge in [0, 0.05) is 34.2 Å². The van der Waals surface area contributed by atoms with E-state index >= 15 is 4.39 Å². The average Bonchev–Trinajstić information content (AvgIpc) is 3.51. The molecule has 2 aliphatic rings. The smallest absolute Gasteiger partial charge is 0.211 e. The Kier molecular flexibility index (Phi) is 6.97. The van der Waals surface area contributed by atoms with Crippen LogP contribution in [0.25, 0.3) is 9.78 Å². The standard InChI is InChI=1S/C23H31FIN5O2S/c1-6-17-9-16(13-29(3)33(5,31)32)10-18(24)22(17)30(4)20-11-19-21(27-14-28(19)2)23(25-20)26-12-15-7-8-15/h9-11,14-15,26H,6-8,12-13H2,1-5H3. The maximum atomic E-state index is 15.5. The van der Waals surface area contributed by atoms with Crippen molar-refractivity contribution in [3.63, 3.8) is 0 Å². The van der Waals surface area contributed by atoms with Crippen LogP contribution in [0.2, 0.25) is 0 Å². The van der Waals surface area contributed by atoms with E-state index in [2.05, 4.69) is 16.4 Å². The summed E-state index contributed by atoms with van der Waals surface area (Å²) < 4.78 is 44.6. The molecule has 0 radical (unpaired) electrons. The molecule has 10 heteroatoms. The summed E-state index contributed by atoms with van der Waals surface area (Å²) in [6, 6.07) is 3.38. The minimum Gasteiger partial charge on any atom is -0.378 e. The lowest BCUT2D eigenvalue weighted by Gasteiger charge is -2.26. The zero-order valence-electron chi connectivity index (χ0n) is 19.7. The Labute approximate surface area is 204 Å². The van der Waals surface area contributed by atoms with Crippen molar-refractivity contribution >= 4 is 49.9 Å². The molecule has 1 aliphatic carbocycles. The highest BCUT2D eigenvalue weighted by Crippen LogP contribution is 2.31. The molecule has 0 bridgehead atoms. The molecule has 1 fully saturated rings. The molecule has 1 saturated carbocycles. The molecule has 1 N–H and O–H groups in total. The van der Waals surface area contributed by atoms with E-state index < -0.39 is 30.8 Å².